The van der Waals surface area contributed by atoms with Crippen molar-refractivity contribution in [1.29, 1.82) is 0 Å². The Morgan fingerprint density at radius 2 is 1.86 bits per heavy atom. The number of hydrogen-bond donors (Lipinski definition) is 0. The van der Waals surface area contributed by atoms with Gasteiger partial charge in [0, 0.05) is 16.8 Å². The first-order valence-corrected chi connectivity index (χ1v) is 9.45. The van der Waals surface area contributed by atoms with Crippen LogP contribution in [-0.2, 0) is 11.3 Å². The molecule has 1 aromatic heterocycles. The molecule has 0 spiro atoms. The molecule has 0 aliphatic carbocycles. The van der Waals surface area contributed by atoms with Crippen LogP contribution in [0.15, 0.2) is 66.9 Å². The Labute approximate surface area is 172 Å². The topological polar surface area (TPSA) is 42.4 Å². The Kier molecular flexibility index (Phi) is 6.77. The highest BCUT2D eigenvalue weighted by atomic mass is 35.5. The Morgan fingerprint density at radius 1 is 1.10 bits per heavy atom. The van der Waals surface area contributed by atoms with E-state index in [1.54, 1.807) is 37.4 Å². The van der Waals surface area contributed by atoms with Crippen molar-refractivity contribution in [3.8, 4) is 5.75 Å². The lowest BCUT2D eigenvalue weighted by Gasteiger charge is -2.27. The second-order valence-electron chi connectivity index (χ2n) is 6.28. The summed E-state index contributed by atoms with van der Waals surface area (Å²) in [5.41, 5.74) is 0.185. The highest BCUT2D eigenvalue weighted by molar-refractivity contribution is 6.31. The standard InChI is InChI=1S/C22H19ClF2N2O2/c1-2-20(29-16-11-9-15(24)10-12-16)22(28)27(21-8-3-4-13-26-21)14-17-18(23)6-5-7-19(17)25/h3-13,20H,2,14H2,1H3/t20-/m1/s1. The molecular weight excluding hydrogens is 398 g/mol. The average Bonchev–Trinajstić information content (AvgIpc) is 2.73. The zero-order chi connectivity index (χ0) is 20.8. The second-order valence-corrected chi connectivity index (χ2v) is 6.69. The van der Waals surface area contributed by atoms with Gasteiger partial charge in [0.1, 0.15) is 23.2 Å². The predicted octanol–water partition coefficient (Wildman–Crippen LogP) is 5.40. The number of nitrogens with zero attached hydrogens (tertiary/aromatic N) is 2. The second kappa shape index (κ2) is 9.47. The molecule has 0 aliphatic heterocycles. The van der Waals surface area contributed by atoms with E-state index >= 15 is 0 Å². The Hall–Kier alpha value is -2.99. The van der Waals surface area contributed by atoms with Gasteiger partial charge in [-0.3, -0.25) is 9.69 Å². The monoisotopic (exact) mass is 416 g/mol. The Balaban J connectivity index is 1.92. The van der Waals surface area contributed by atoms with Gasteiger partial charge in [-0.05, 0) is 55.0 Å². The first-order valence-electron chi connectivity index (χ1n) is 9.07. The average molecular weight is 417 g/mol. The third kappa shape index (κ3) is 5.09. The van der Waals surface area contributed by atoms with Gasteiger partial charge in [0.2, 0.25) is 0 Å². The van der Waals surface area contributed by atoms with Crippen LogP contribution in [0.3, 0.4) is 0 Å². The van der Waals surface area contributed by atoms with E-state index in [2.05, 4.69) is 4.98 Å². The molecule has 0 N–H and O–H groups in total. The van der Waals surface area contributed by atoms with Crippen molar-refractivity contribution < 1.29 is 18.3 Å². The van der Waals surface area contributed by atoms with Crippen LogP contribution in [-0.4, -0.2) is 17.0 Å². The molecule has 150 valence electrons. The maximum absolute atomic E-state index is 14.3. The first kappa shape index (κ1) is 20.7. The summed E-state index contributed by atoms with van der Waals surface area (Å²) in [6.45, 7) is 1.68. The number of hydrogen-bond acceptors (Lipinski definition) is 3. The highest BCUT2D eigenvalue weighted by Crippen LogP contribution is 2.25. The van der Waals surface area contributed by atoms with Crippen LogP contribution in [0.1, 0.15) is 18.9 Å². The van der Waals surface area contributed by atoms with Gasteiger partial charge < -0.3 is 4.74 Å². The summed E-state index contributed by atoms with van der Waals surface area (Å²) >= 11 is 6.16. The summed E-state index contributed by atoms with van der Waals surface area (Å²) in [5, 5.41) is 0.214. The fourth-order valence-electron chi connectivity index (χ4n) is 2.79. The molecular formula is C22H19ClF2N2O2. The van der Waals surface area contributed by atoms with E-state index in [4.69, 9.17) is 16.3 Å². The van der Waals surface area contributed by atoms with Crippen molar-refractivity contribution in [2.75, 3.05) is 4.90 Å². The van der Waals surface area contributed by atoms with Gasteiger partial charge in [0.25, 0.3) is 5.91 Å². The van der Waals surface area contributed by atoms with Crippen molar-refractivity contribution in [3.05, 3.63) is 89.1 Å². The summed E-state index contributed by atoms with van der Waals surface area (Å²) in [7, 11) is 0. The van der Waals surface area contributed by atoms with Gasteiger partial charge in [-0.25, -0.2) is 13.8 Å². The van der Waals surface area contributed by atoms with E-state index in [0.29, 0.717) is 18.0 Å². The molecule has 4 nitrogen and oxygen atoms in total. The first-order chi connectivity index (χ1) is 14.0. The summed E-state index contributed by atoms with van der Waals surface area (Å²) < 4.78 is 33.3. The molecule has 0 bridgehead atoms. The van der Waals surface area contributed by atoms with Gasteiger partial charge >= 0.3 is 0 Å². The highest BCUT2D eigenvalue weighted by Gasteiger charge is 2.28. The van der Waals surface area contributed by atoms with Gasteiger partial charge in [-0.2, -0.15) is 0 Å². The normalized spacial score (nSPS) is 11.7. The maximum Gasteiger partial charge on any atom is 0.269 e. The van der Waals surface area contributed by atoms with Crippen LogP contribution in [0.25, 0.3) is 0 Å². The molecule has 3 rings (SSSR count). The molecule has 0 fully saturated rings. The molecule has 0 saturated heterocycles. The molecule has 0 radical (unpaired) electrons. The number of halogens is 3. The van der Waals surface area contributed by atoms with Crippen LogP contribution in [0, 0.1) is 11.6 Å². The van der Waals surface area contributed by atoms with E-state index in [-0.39, 0.29) is 17.1 Å². The molecule has 3 aromatic rings. The predicted molar refractivity (Wildman–Crippen MR) is 108 cm³/mol. The van der Waals surface area contributed by atoms with Crippen LogP contribution in [0.5, 0.6) is 5.75 Å². The van der Waals surface area contributed by atoms with Crippen molar-refractivity contribution >= 4 is 23.3 Å². The lowest BCUT2D eigenvalue weighted by Crippen LogP contribution is -2.42. The SMILES string of the molecule is CC[C@@H](Oc1ccc(F)cc1)C(=O)N(Cc1c(F)cccc1Cl)c1ccccn1. The van der Waals surface area contributed by atoms with E-state index in [1.807, 2.05) is 0 Å². The summed E-state index contributed by atoms with van der Waals surface area (Å²) in [5.74, 6) is -0.621. The minimum absolute atomic E-state index is 0.107. The number of carbonyl (C=O) groups excluding carboxylic acids is 1. The van der Waals surface area contributed by atoms with Gasteiger partial charge in [0.05, 0.1) is 6.54 Å². The molecule has 2 aromatic carbocycles. The number of carbonyl (C=O) groups is 1. The zero-order valence-corrected chi connectivity index (χ0v) is 16.4. The van der Waals surface area contributed by atoms with Crippen LogP contribution < -0.4 is 9.64 Å². The van der Waals surface area contributed by atoms with Gasteiger partial charge in [0.15, 0.2) is 6.10 Å². The molecule has 1 atom stereocenters. The van der Waals surface area contributed by atoms with Crippen LogP contribution >= 0.6 is 11.6 Å². The van der Waals surface area contributed by atoms with Crippen molar-refractivity contribution in [2.24, 2.45) is 0 Å². The quantitative estimate of drug-likeness (QED) is 0.517. The lowest BCUT2D eigenvalue weighted by atomic mass is 10.1. The number of anilines is 1. The van der Waals surface area contributed by atoms with Crippen LogP contribution in [0.2, 0.25) is 5.02 Å². The molecule has 1 amide bonds. The number of pyridine rings is 1. The lowest BCUT2D eigenvalue weighted by molar-refractivity contribution is -0.125. The Morgan fingerprint density at radius 3 is 2.48 bits per heavy atom. The zero-order valence-electron chi connectivity index (χ0n) is 15.7. The molecule has 0 aliphatic rings. The smallest absolute Gasteiger partial charge is 0.269 e. The summed E-state index contributed by atoms with van der Waals surface area (Å²) in [4.78, 5) is 18.9. The number of benzene rings is 2. The minimum atomic E-state index is -0.868. The van der Waals surface area contributed by atoms with Gasteiger partial charge in [-0.1, -0.05) is 30.7 Å². The van der Waals surface area contributed by atoms with E-state index in [9.17, 15) is 13.6 Å². The molecule has 0 unspecified atom stereocenters. The van der Waals surface area contributed by atoms with Crippen molar-refractivity contribution in [2.45, 2.75) is 26.0 Å². The fraction of sp³-hybridized carbons (Fsp3) is 0.182. The van der Waals surface area contributed by atoms with E-state index < -0.39 is 23.6 Å². The number of amides is 1. The largest absolute Gasteiger partial charge is 0.481 e. The fourth-order valence-corrected chi connectivity index (χ4v) is 3.01. The third-order valence-corrected chi connectivity index (χ3v) is 4.66. The van der Waals surface area contributed by atoms with Crippen molar-refractivity contribution in [3.63, 3.8) is 0 Å². The number of aromatic nitrogens is 1. The summed E-state index contributed by atoms with van der Waals surface area (Å²) in [6, 6.07) is 14.8. The van der Waals surface area contributed by atoms with E-state index in [0.717, 1.165) is 0 Å². The minimum Gasteiger partial charge on any atom is -0.481 e. The van der Waals surface area contributed by atoms with Crippen molar-refractivity contribution in [1.82, 2.24) is 4.98 Å². The van der Waals surface area contributed by atoms with E-state index in [1.165, 1.54) is 41.3 Å². The van der Waals surface area contributed by atoms with Gasteiger partial charge in [-0.15, -0.1) is 0 Å². The number of rotatable bonds is 7. The Bertz CT molecular complexity index is 948. The maximum atomic E-state index is 14.3. The third-order valence-electron chi connectivity index (χ3n) is 4.31. The van der Waals surface area contributed by atoms with Crippen LogP contribution in [0.4, 0.5) is 14.6 Å². The number of ether oxygens (including phenoxy) is 1. The summed E-state index contributed by atoms with van der Waals surface area (Å²) in [6.07, 6.45) is 1.03. The molecule has 0 saturated carbocycles. The molecule has 7 heteroatoms. The molecule has 1 heterocycles. The molecule has 29 heavy (non-hydrogen) atoms.